The van der Waals surface area contributed by atoms with E-state index in [1.807, 2.05) is 0 Å². The molecule has 0 saturated heterocycles. The Bertz CT molecular complexity index is 1800. The number of imidazole rings is 1. The SMILES string of the molecule is CS(=O)(=O)N(c1ccc(-c2nc(C(=O)c3ccc(F)cc3)cn2S(=O)(=O)c2ccccc2)cc1)S(C)(=O)=O. The standard InChI is InChI=1S/C24H20FN3O7S3/c1-36(30,31)28(37(2,32)33)20-14-10-18(11-15-20)24-26-22(23(29)17-8-12-19(25)13-9-17)16-27(24)38(34,35)21-6-4-3-5-7-21/h3-16H,1-2H3. The molecule has 0 saturated carbocycles. The highest BCUT2D eigenvalue weighted by Crippen LogP contribution is 2.29. The predicted molar refractivity (Wildman–Crippen MR) is 139 cm³/mol. The lowest BCUT2D eigenvalue weighted by Crippen LogP contribution is -2.35. The number of hydrogen-bond donors (Lipinski definition) is 0. The topological polar surface area (TPSA) is 141 Å². The maximum absolute atomic E-state index is 13.5. The van der Waals surface area contributed by atoms with E-state index in [1.165, 1.54) is 60.7 Å². The zero-order chi connectivity index (χ0) is 27.9. The maximum Gasteiger partial charge on any atom is 0.269 e. The molecule has 0 aliphatic rings. The van der Waals surface area contributed by atoms with Gasteiger partial charge in [0, 0.05) is 11.1 Å². The minimum Gasteiger partial charge on any atom is -0.287 e. The molecule has 38 heavy (non-hydrogen) atoms. The monoisotopic (exact) mass is 577 g/mol. The molecule has 1 aromatic heterocycles. The summed E-state index contributed by atoms with van der Waals surface area (Å²) < 4.78 is 89.7. The normalized spacial score (nSPS) is 12.3. The fraction of sp³-hybridized carbons (Fsp3) is 0.0833. The Morgan fingerprint density at radius 3 is 1.87 bits per heavy atom. The average molecular weight is 578 g/mol. The zero-order valence-corrected chi connectivity index (χ0v) is 22.3. The molecule has 0 unspecified atom stereocenters. The minimum atomic E-state index is -4.25. The lowest BCUT2D eigenvalue weighted by atomic mass is 10.1. The number of benzene rings is 3. The summed E-state index contributed by atoms with van der Waals surface area (Å²) in [7, 11) is -12.7. The summed E-state index contributed by atoms with van der Waals surface area (Å²) >= 11 is 0. The van der Waals surface area contributed by atoms with Gasteiger partial charge in [-0.3, -0.25) is 4.79 Å². The molecule has 0 amide bonds. The van der Waals surface area contributed by atoms with Crippen LogP contribution < -0.4 is 3.71 Å². The number of aromatic nitrogens is 2. The number of anilines is 1. The zero-order valence-electron chi connectivity index (χ0n) is 19.9. The number of sulfonamides is 2. The van der Waals surface area contributed by atoms with E-state index in [4.69, 9.17) is 0 Å². The van der Waals surface area contributed by atoms with Gasteiger partial charge >= 0.3 is 0 Å². The van der Waals surface area contributed by atoms with Crippen molar-refractivity contribution in [3.8, 4) is 11.4 Å². The summed E-state index contributed by atoms with van der Waals surface area (Å²) in [4.78, 5) is 17.2. The van der Waals surface area contributed by atoms with Crippen molar-refractivity contribution >= 4 is 41.5 Å². The van der Waals surface area contributed by atoms with Crippen molar-refractivity contribution in [2.45, 2.75) is 4.90 Å². The Kier molecular flexibility index (Phi) is 6.99. The first-order valence-corrected chi connectivity index (χ1v) is 15.8. The quantitative estimate of drug-likeness (QED) is 0.291. The van der Waals surface area contributed by atoms with E-state index in [0.717, 1.165) is 34.8 Å². The number of rotatable bonds is 8. The molecule has 0 radical (unpaired) electrons. The third-order valence-electron chi connectivity index (χ3n) is 5.25. The molecule has 14 heteroatoms. The third-order valence-corrected chi connectivity index (χ3v) is 10.2. The molecule has 4 aromatic rings. The largest absolute Gasteiger partial charge is 0.287 e. The molecule has 0 bridgehead atoms. The van der Waals surface area contributed by atoms with Crippen LogP contribution in [-0.2, 0) is 30.1 Å². The van der Waals surface area contributed by atoms with Gasteiger partial charge in [-0.2, -0.15) is 3.71 Å². The number of ketones is 1. The van der Waals surface area contributed by atoms with E-state index in [1.54, 1.807) is 6.07 Å². The van der Waals surface area contributed by atoms with Crippen LogP contribution in [0.15, 0.2) is 90.0 Å². The number of carbonyl (C=O) groups is 1. The summed E-state index contributed by atoms with van der Waals surface area (Å²) in [6, 6.07) is 16.9. The van der Waals surface area contributed by atoms with Gasteiger partial charge in [0.25, 0.3) is 10.0 Å². The lowest BCUT2D eigenvalue weighted by Gasteiger charge is -2.19. The van der Waals surface area contributed by atoms with Crippen LogP contribution in [0.5, 0.6) is 0 Å². The Morgan fingerprint density at radius 1 is 0.789 bits per heavy atom. The van der Waals surface area contributed by atoms with Gasteiger partial charge in [0.2, 0.25) is 25.8 Å². The van der Waals surface area contributed by atoms with E-state index in [9.17, 15) is 34.4 Å². The highest BCUT2D eigenvalue weighted by atomic mass is 32.3. The van der Waals surface area contributed by atoms with Crippen molar-refractivity contribution in [3.05, 3.63) is 102 Å². The fourth-order valence-corrected chi connectivity index (χ4v) is 7.98. The highest BCUT2D eigenvalue weighted by Gasteiger charge is 2.29. The number of halogens is 1. The van der Waals surface area contributed by atoms with E-state index < -0.39 is 41.7 Å². The molecular weight excluding hydrogens is 557 g/mol. The first-order chi connectivity index (χ1) is 17.7. The van der Waals surface area contributed by atoms with Crippen LogP contribution in [0.25, 0.3) is 11.4 Å². The molecule has 10 nitrogen and oxygen atoms in total. The number of hydrogen-bond acceptors (Lipinski definition) is 8. The van der Waals surface area contributed by atoms with Gasteiger partial charge < -0.3 is 0 Å². The van der Waals surface area contributed by atoms with Gasteiger partial charge in [0.15, 0.2) is 5.82 Å². The predicted octanol–water partition coefficient (Wildman–Crippen LogP) is 2.88. The molecule has 0 atom stereocenters. The van der Waals surface area contributed by atoms with Gasteiger partial charge in [0.05, 0.1) is 29.3 Å². The van der Waals surface area contributed by atoms with Gasteiger partial charge in [0.1, 0.15) is 11.5 Å². The van der Waals surface area contributed by atoms with Crippen LogP contribution in [0, 0.1) is 5.82 Å². The van der Waals surface area contributed by atoms with Crippen molar-refractivity contribution in [1.29, 1.82) is 0 Å². The van der Waals surface area contributed by atoms with Gasteiger partial charge in [-0.05, 0) is 60.7 Å². The molecule has 0 N–H and O–H groups in total. The minimum absolute atomic E-state index is 0.0759. The second kappa shape index (κ2) is 9.78. The Morgan fingerprint density at radius 2 is 1.34 bits per heavy atom. The molecule has 0 aliphatic carbocycles. The third kappa shape index (κ3) is 5.37. The van der Waals surface area contributed by atoms with Crippen molar-refractivity contribution in [1.82, 2.24) is 8.96 Å². The van der Waals surface area contributed by atoms with Crippen LogP contribution in [0.1, 0.15) is 16.1 Å². The average Bonchev–Trinajstić information content (AvgIpc) is 3.30. The smallest absolute Gasteiger partial charge is 0.269 e. The Hall–Kier alpha value is -3.88. The van der Waals surface area contributed by atoms with Gasteiger partial charge in [-0.15, -0.1) is 0 Å². The first kappa shape index (κ1) is 27.2. The first-order valence-electron chi connectivity index (χ1n) is 10.7. The van der Waals surface area contributed by atoms with Gasteiger partial charge in [-0.1, -0.05) is 18.2 Å². The second-order valence-electron chi connectivity index (χ2n) is 8.17. The number of nitrogens with zero attached hydrogens (tertiary/aromatic N) is 3. The van der Waals surface area contributed by atoms with E-state index >= 15 is 0 Å². The molecule has 1 heterocycles. The van der Waals surface area contributed by atoms with Crippen molar-refractivity contribution < 1.29 is 34.4 Å². The van der Waals surface area contributed by atoms with Crippen LogP contribution in [0.2, 0.25) is 0 Å². The lowest BCUT2D eigenvalue weighted by molar-refractivity contribution is 0.103. The Balaban J connectivity index is 1.88. The van der Waals surface area contributed by atoms with Crippen molar-refractivity contribution in [3.63, 3.8) is 0 Å². The highest BCUT2D eigenvalue weighted by molar-refractivity contribution is 8.09. The van der Waals surface area contributed by atoms with E-state index in [0.29, 0.717) is 0 Å². The van der Waals surface area contributed by atoms with Crippen LogP contribution >= 0.6 is 0 Å². The van der Waals surface area contributed by atoms with Gasteiger partial charge in [-0.25, -0.2) is 38.6 Å². The summed E-state index contributed by atoms with van der Waals surface area (Å²) in [5.41, 5.74) is -0.227. The fourth-order valence-electron chi connectivity index (χ4n) is 3.67. The summed E-state index contributed by atoms with van der Waals surface area (Å²) in [5, 5.41) is 0. The molecule has 198 valence electrons. The second-order valence-corrected chi connectivity index (χ2v) is 13.9. The molecule has 3 aromatic carbocycles. The van der Waals surface area contributed by atoms with E-state index in [-0.39, 0.29) is 36.9 Å². The van der Waals surface area contributed by atoms with Crippen LogP contribution in [0.3, 0.4) is 0 Å². The molecular formula is C24H20FN3O7S3. The van der Waals surface area contributed by atoms with Crippen LogP contribution in [-0.4, -0.2) is 52.5 Å². The van der Waals surface area contributed by atoms with Crippen molar-refractivity contribution in [2.75, 3.05) is 16.2 Å². The van der Waals surface area contributed by atoms with Crippen molar-refractivity contribution in [2.24, 2.45) is 0 Å². The summed E-state index contributed by atoms with van der Waals surface area (Å²) in [6.07, 6.45) is 2.50. The number of carbonyl (C=O) groups excluding carboxylic acids is 1. The van der Waals surface area contributed by atoms with E-state index in [2.05, 4.69) is 4.98 Å². The van der Waals surface area contributed by atoms with Crippen LogP contribution in [0.4, 0.5) is 10.1 Å². The maximum atomic E-state index is 13.5. The molecule has 0 fully saturated rings. The molecule has 0 spiro atoms. The Labute approximate surface area is 219 Å². The molecule has 4 rings (SSSR count). The summed E-state index contributed by atoms with van der Waals surface area (Å²) in [5.74, 6) is -1.40. The molecule has 0 aliphatic heterocycles. The summed E-state index contributed by atoms with van der Waals surface area (Å²) in [6.45, 7) is 0.